The molecule has 13 heavy (non-hydrogen) atoms. The summed E-state index contributed by atoms with van der Waals surface area (Å²) < 4.78 is 4.73. The first-order chi connectivity index (χ1) is 5.95. The van der Waals surface area contributed by atoms with E-state index in [9.17, 15) is 4.79 Å². The van der Waals surface area contributed by atoms with Crippen LogP contribution in [0, 0.1) is 0 Å². The summed E-state index contributed by atoms with van der Waals surface area (Å²) in [7, 11) is 0. The Hall–Kier alpha value is 0.0769. The second-order valence-corrected chi connectivity index (χ2v) is 11.5. The van der Waals surface area contributed by atoms with Crippen molar-refractivity contribution in [1.29, 1.82) is 0 Å². The minimum Gasteiger partial charge on any atom is -0.462 e. The molecule has 0 fully saturated rings. The first-order valence-electron chi connectivity index (χ1n) is 3.55. The van der Waals surface area contributed by atoms with Gasteiger partial charge in [-0.15, -0.1) is 39.0 Å². The van der Waals surface area contributed by atoms with Crippen molar-refractivity contribution in [3.05, 3.63) is 18.4 Å². The van der Waals surface area contributed by atoms with Gasteiger partial charge in [-0.3, -0.25) is 0 Å². The fourth-order valence-corrected chi connectivity index (χ4v) is 2.32. The van der Waals surface area contributed by atoms with Crippen molar-refractivity contribution in [2.75, 3.05) is 6.61 Å². The maximum atomic E-state index is 10.7. The minimum absolute atomic E-state index is 0.262. The Morgan fingerprint density at radius 3 is 2.62 bits per heavy atom. The normalized spacial score (nSPS) is 10.4. The van der Waals surface area contributed by atoms with Gasteiger partial charge >= 0.3 is 12.0 Å². The van der Waals surface area contributed by atoms with Gasteiger partial charge in [0.1, 0.15) is 0 Å². The number of ether oxygens (including phenoxy) is 1. The predicted molar refractivity (Wildman–Crippen MR) is 57.4 cm³/mol. The highest BCUT2D eigenvalue weighted by molar-refractivity contribution is 7.64. The van der Waals surface area contributed by atoms with Crippen molar-refractivity contribution in [2.24, 2.45) is 0 Å². The van der Waals surface area contributed by atoms with Crippen LogP contribution in [0.2, 0.25) is 6.04 Å². The molecule has 0 saturated carbocycles. The van der Waals surface area contributed by atoms with E-state index < -0.39 is 12.0 Å². The molecular weight excluding hydrogens is 251 g/mol. The number of hydrogen-bond acceptors (Lipinski definition) is 2. The number of rotatable bonds is 5. The molecule has 0 aromatic carbocycles. The summed E-state index contributed by atoms with van der Waals surface area (Å²) in [5.41, 5.74) is 2.31. The molecule has 0 aromatic rings. The average Bonchev–Trinajstić information content (AvgIpc) is 1.97. The molecule has 0 aliphatic carbocycles. The lowest BCUT2D eigenvalue weighted by Gasteiger charge is -2.06. The van der Waals surface area contributed by atoms with Gasteiger partial charge in [0.25, 0.3) is 0 Å². The molecular formula is C7H9Cl3O2Si. The summed E-state index contributed by atoms with van der Waals surface area (Å²) in [6.07, 6.45) is 1.69. The van der Waals surface area contributed by atoms with Crippen molar-refractivity contribution in [1.82, 2.24) is 0 Å². The quantitative estimate of drug-likeness (QED) is 0.189. The number of halogens is 3. The molecule has 6 heteroatoms. The van der Waals surface area contributed by atoms with Crippen LogP contribution in [0.15, 0.2) is 18.4 Å². The van der Waals surface area contributed by atoms with Gasteiger partial charge < -0.3 is 4.74 Å². The fourth-order valence-electron chi connectivity index (χ4n) is 0.570. The first kappa shape index (κ1) is 13.1. The highest BCUT2D eigenvalue weighted by atomic mass is 35.8. The zero-order valence-corrected chi connectivity index (χ0v) is 10.1. The molecule has 0 aliphatic rings. The number of carbonyl (C=O) groups is 1. The molecule has 74 valence electrons. The van der Waals surface area contributed by atoms with Gasteiger partial charge in [-0.1, -0.05) is 6.58 Å². The van der Waals surface area contributed by atoms with Crippen LogP contribution in [-0.4, -0.2) is 18.6 Å². The summed E-state index contributed by atoms with van der Waals surface area (Å²) in [5, 5.41) is 0. The van der Waals surface area contributed by atoms with Crippen LogP contribution in [0.25, 0.3) is 0 Å². The minimum atomic E-state index is -2.56. The summed E-state index contributed by atoms with van der Waals surface area (Å²) in [6.45, 7) is 3.49. The van der Waals surface area contributed by atoms with E-state index in [0.717, 1.165) is 6.08 Å². The summed E-state index contributed by atoms with van der Waals surface area (Å²) in [4.78, 5) is 10.7. The number of hydrogen-bond donors (Lipinski definition) is 0. The van der Waals surface area contributed by atoms with Gasteiger partial charge in [-0.2, -0.15) is 0 Å². The topological polar surface area (TPSA) is 26.3 Å². The van der Waals surface area contributed by atoms with Gasteiger partial charge in [-0.05, 0) is 12.5 Å². The van der Waals surface area contributed by atoms with E-state index in [0.29, 0.717) is 12.5 Å². The van der Waals surface area contributed by atoms with Crippen molar-refractivity contribution in [3.63, 3.8) is 0 Å². The van der Waals surface area contributed by atoms with E-state index in [1.807, 2.05) is 0 Å². The van der Waals surface area contributed by atoms with Gasteiger partial charge in [0, 0.05) is 0 Å². The molecule has 0 atom stereocenters. The molecule has 0 unspecified atom stereocenters. The van der Waals surface area contributed by atoms with E-state index in [-0.39, 0.29) is 6.61 Å². The largest absolute Gasteiger partial charge is 0.462 e. The lowest BCUT2D eigenvalue weighted by atomic mass is 10.5. The molecule has 0 spiro atoms. The summed E-state index contributed by atoms with van der Waals surface area (Å²) in [6, 6.07) is -2.07. The van der Waals surface area contributed by atoms with Crippen LogP contribution in [0.4, 0.5) is 0 Å². The second kappa shape index (κ2) is 6.52. The zero-order valence-electron chi connectivity index (χ0n) is 6.86. The van der Waals surface area contributed by atoms with Crippen LogP contribution in [0.5, 0.6) is 0 Å². The van der Waals surface area contributed by atoms with Crippen molar-refractivity contribution >= 4 is 45.2 Å². The Balaban J connectivity index is 3.47. The number of carbonyl (C=O) groups excluding carboxylic acids is 1. The second-order valence-electron chi connectivity index (χ2n) is 2.23. The third-order valence-electron chi connectivity index (χ3n) is 1.07. The highest BCUT2D eigenvalue weighted by Crippen LogP contribution is 2.26. The molecule has 0 radical (unpaired) electrons. The van der Waals surface area contributed by atoms with Gasteiger partial charge in [0.05, 0.1) is 12.7 Å². The maximum absolute atomic E-state index is 10.7. The van der Waals surface area contributed by atoms with Gasteiger partial charge in [0.15, 0.2) is 0 Å². The van der Waals surface area contributed by atoms with Crippen LogP contribution >= 0.6 is 33.2 Å². The third-order valence-corrected chi connectivity index (χ3v) is 3.69. The molecule has 0 amide bonds. The Morgan fingerprint density at radius 2 is 2.15 bits per heavy atom. The molecule has 2 nitrogen and oxygen atoms in total. The van der Waals surface area contributed by atoms with Crippen LogP contribution < -0.4 is 0 Å². The summed E-state index contributed by atoms with van der Waals surface area (Å²) in [5.74, 6) is -0.471. The fraction of sp³-hybridized carbons (Fsp3) is 0.429. The third kappa shape index (κ3) is 9.99. The van der Waals surface area contributed by atoms with E-state index in [1.165, 1.54) is 0 Å². The first-order valence-corrected chi connectivity index (χ1v) is 8.79. The number of esters is 1. The highest BCUT2D eigenvalue weighted by Gasteiger charge is 2.23. The van der Waals surface area contributed by atoms with Crippen molar-refractivity contribution in [3.8, 4) is 0 Å². The zero-order chi connectivity index (χ0) is 10.3. The molecule has 0 rings (SSSR count). The average molecular weight is 260 g/mol. The molecule has 0 saturated heterocycles. The molecule has 0 bridgehead atoms. The molecule has 0 heterocycles. The summed E-state index contributed by atoms with van der Waals surface area (Å²) >= 11 is 16.8. The van der Waals surface area contributed by atoms with E-state index >= 15 is 0 Å². The maximum Gasteiger partial charge on any atom is 0.341 e. The van der Waals surface area contributed by atoms with E-state index in [1.54, 1.807) is 0 Å². The Bertz CT molecular complexity index is 218. The van der Waals surface area contributed by atoms with Gasteiger partial charge in [-0.25, -0.2) is 4.79 Å². The SMILES string of the molecule is C=C=CC(=O)OCCC[Si](Cl)(Cl)Cl. The smallest absolute Gasteiger partial charge is 0.341 e. The van der Waals surface area contributed by atoms with E-state index in [4.69, 9.17) is 38.0 Å². The Labute approximate surface area is 92.2 Å². The van der Waals surface area contributed by atoms with E-state index in [2.05, 4.69) is 12.3 Å². The molecule has 0 aromatic heterocycles. The molecule has 0 aliphatic heterocycles. The monoisotopic (exact) mass is 258 g/mol. The van der Waals surface area contributed by atoms with Crippen LogP contribution in [-0.2, 0) is 9.53 Å². The molecule has 0 N–H and O–H groups in total. The lowest BCUT2D eigenvalue weighted by molar-refractivity contribution is -0.137. The lowest BCUT2D eigenvalue weighted by Crippen LogP contribution is -2.11. The van der Waals surface area contributed by atoms with Gasteiger partial charge in [0.2, 0.25) is 0 Å². The predicted octanol–water partition coefficient (Wildman–Crippen LogP) is 2.92. The van der Waals surface area contributed by atoms with Crippen LogP contribution in [0.1, 0.15) is 6.42 Å². The van der Waals surface area contributed by atoms with Crippen molar-refractivity contribution in [2.45, 2.75) is 12.5 Å². The van der Waals surface area contributed by atoms with Crippen LogP contribution in [0.3, 0.4) is 0 Å². The standard InChI is InChI=1S/C7H9Cl3O2Si/c1-2-4-7(11)12-5-3-6-13(8,9)10/h4H,1,3,5-6H2. The Kier molecular flexibility index (Phi) is 6.56. The Morgan fingerprint density at radius 1 is 1.54 bits per heavy atom. The van der Waals surface area contributed by atoms with Crippen molar-refractivity contribution < 1.29 is 9.53 Å².